The van der Waals surface area contributed by atoms with Crippen molar-refractivity contribution in [1.29, 1.82) is 0 Å². The van der Waals surface area contributed by atoms with E-state index in [-0.39, 0.29) is 0 Å². The minimum absolute atomic E-state index is 0.501. The van der Waals surface area contributed by atoms with Gasteiger partial charge in [0.25, 0.3) is 0 Å². The first-order valence-electron chi connectivity index (χ1n) is 4.46. The number of aromatic amines is 1. The normalized spacial score (nSPS) is 12.5. The number of para-hydroxylation sites is 1. The zero-order chi connectivity index (χ0) is 10.3. The molecule has 0 unspecified atom stereocenters. The summed E-state index contributed by atoms with van der Waals surface area (Å²) in [6.07, 6.45) is 1.89. The predicted octanol–water partition coefficient (Wildman–Crippen LogP) is 3.35. The first kappa shape index (κ1) is 8.94. The Balaban J connectivity index is 2.15. The fraction of sp³-hybridized carbons (Fsp3) is 0. The van der Waals surface area contributed by atoms with Gasteiger partial charge in [-0.15, -0.1) is 0 Å². The van der Waals surface area contributed by atoms with Gasteiger partial charge in [0.1, 0.15) is 5.82 Å². The Morgan fingerprint density at radius 2 is 2.07 bits per heavy atom. The Morgan fingerprint density at radius 1 is 1.20 bits per heavy atom. The molecule has 0 spiro atoms. The van der Waals surface area contributed by atoms with Crippen molar-refractivity contribution in [2.45, 2.75) is 9.79 Å². The van der Waals surface area contributed by atoms with Crippen LogP contribution in [0.3, 0.4) is 0 Å². The van der Waals surface area contributed by atoms with Gasteiger partial charge in [-0.05, 0) is 24.4 Å². The highest BCUT2D eigenvalue weighted by Crippen LogP contribution is 2.42. The molecule has 0 saturated heterocycles. The van der Waals surface area contributed by atoms with Crippen molar-refractivity contribution in [3.8, 4) is 0 Å². The van der Waals surface area contributed by atoms with E-state index in [9.17, 15) is 0 Å². The summed E-state index contributed by atoms with van der Waals surface area (Å²) in [5.74, 6) is 0.836. The van der Waals surface area contributed by atoms with E-state index in [1.807, 2.05) is 24.4 Å². The third-order valence-corrected chi connectivity index (χ3v) is 3.45. The number of anilines is 2. The maximum absolute atomic E-state index is 4.98. The number of benzene rings is 1. The van der Waals surface area contributed by atoms with Crippen LogP contribution < -0.4 is 5.32 Å². The number of H-pyrrole nitrogens is 1. The van der Waals surface area contributed by atoms with Gasteiger partial charge in [0.2, 0.25) is 0 Å². The highest BCUT2D eigenvalue weighted by molar-refractivity contribution is 7.99. The number of nitrogens with one attached hydrogen (secondary N) is 2. The van der Waals surface area contributed by atoms with Crippen LogP contribution in [0.2, 0.25) is 0 Å². The number of hydrogen-bond acceptors (Lipinski definition) is 4. The molecule has 0 fully saturated rings. The summed E-state index contributed by atoms with van der Waals surface area (Å²) >= 11 is 6.67. The van der Waals surface area contributed by atoms with Crippen molar-refractivity contribution in [3.05, 3.63) is 35.2 Å². The minimum atomic E-state index is 0.501. The van der Waals surface area contributed by atoms with Gasteiger partial charge in [-0.25, -0.2) is 4.98 Å². The summed E-state index contributed by atoms with van der Waals surface area (Å²) < 4.78 is 0.501. The van der Waals surface area contributed by atoms with Crippen LogP contribution in [0.5, 0.6) is 0 Å². The minimum Gasteiger partial charge on any atom is -0.338 e. The molecule has 0 atom stereocenters. The van der Waals surface area contributed by atoms with E-state index in [0.717, 1.165) is 16.4 Å². The van der Waals surface area contributed by atoms with Crippen LogP contribution in [-0.4, -0.2) is 9.97 Å². The van der Waals surface area contributed by atoms with E-state index < -0.39 is 0 Å². The SMILES string of the molecule is S=c1nc2c(c[nH]1)Sc1ccccc1N2. The Kier molecular flexibility index (Phi) is 2.00. The zero-order valence-corrected chi connectivity index (χ0v) is 9.28. The maximum Gasteiger partial charge on any atom is 0.198 e. The van der Waals surface area contributed by atoms with Crippen molar-refractivity contribution in [2.24, 2.45) is 0 Å². The molecule has 3 rings (SSSR count). The molecule has 2 N–H and O–H groups in total. The molecule has 74 valence electrons. The van der Waals surface area contributed by atoms with Crippen molar-refractivity contribution in [3.63, 3.8) is 0 Å². The van der Waals surface area contributed by atoms with E-state index in [0.29, 0.717) is 4.77 Å². The Morgan fingerprint density at radius 3 is 3.00 bits per heavy atom. The summed E-state index contributed by atoms with van der Waals surface area (Å²) in [4.78, 5) is 9.45. The second kappa shape index (κ2) is 3.36. The Hall–Kier alpha value is -1.33. The zero-order valence-electron chi connectivity index (χ0n) is 7.65. The standard InChI is InChI=1S/C10H7N3S2/c14-10-11-5-8-9(13-10)12-6-3-1-2-4-7(6)15-8/h1-5H,(H2,11,12,13,14). The van der Waals surface area contributed by atoms with Crippen LogP contribution in [0, 0.1) is 4.77 Å². The Bertz CT molecular complexity index is 577. The number of hydrogen-bond donors (Lipinski definition) is 2. The molecular formula is C10H7N3S2. The van der Waals surface area contributed by atoms with Crippen LogP contribution >= 0.6 is 24.0 Å². The molecule has 5 heteroatoms. The fourth-order valence-corrected chi connectivity index (χ4v) is 2.53. The lowest BCUT2D eigenvalue weighted by Crippen LogP contribution is -2.02. The van der Waals surface area contributed by atoms with E-state index in [1.54, 1.807) is 11.8 Å². The van der Waals surface area contributed by atoms with E-state index in [2.05, 4.69) is 21.4 Å². The van der Waals surface area contributed by atoms with Crippen molar-refractivity contribution >= 4 is 35.5 Å². The van der Waals surface area contributed by atoms with Gasteiger partial charge < -0.3 is 10.3 Å². The summed E-state index contributed by atoms with van der Waals surface area (Å²) in [5, 5.41) is 3.26. The van der Waals surface area contributed by atoms with Crippen LogP contribution in [0.4, 0.5) is 11.5 Å². The second-order valence-electron chi connectivity index (χ2n) is 3.14. The molecule has 1 aliphatic rings. The quantitative estimate of drug-likeness (QED) is 0.584. The van der Waals surface area contributed by atoms with E-state index in [4.69, 9.17) is 12.2 Å². The largest absolute Gasteiger partial charge is 0.338 e. The molecule has 0 bridgehead atoms. The van der Waals surface area contributed by atoms with E-state index >= 15 is 0 Å². The summed E-state index contributed by atoms with van der Waals surface area (Å²) in [5.41, 5.74) is 1.09. The van der Waals surface area contributed by atoms with Crippen LogP contribution in [-0.2, 0) is 0 Å². The number of aromatic nitrogens is 2. The molecule has 2 heterocycles. The summed E-state index contributed by atoms with van der Waals surface area (Å²) in [6, 6.07) is 8.14. The van der Waals surface area contributed by atoms with Gasteiger partial charge in [-0.1, -0.05) is 23.9 Å². The van der Waals surface area contributed by atoms with Gasteiger partial charge in [-0.2, -0.15) is 0 Å². The van der Waals surface area contributed by atoms with Crippen LogP contribution in [0.15, 0.2) is 40.3 Å². The average molecular weight is 233 g/mol. The van der Waals surface area contributed by atoms with Gasteiger partial charge >= 0.3 is 0 Å². The fourth-order valence-electron chi connectivity index (χ4n) is 1.46. The first-order valence-corrected chi connectivity index (χ1v) is 5.69. The molecule has 0 amide bonds. The molecule has 1 aliphatic heterocycles. The molecule has 15 heavy (non-hydrogen) atoms. The third kappa shape index (κ3) is 1.53. The lowest BCUT2D eigenvalue weighted by Gasteiger charge is -2.18. The number of fused-ring (bicyclic) bond motifs is 2. The molecule has 0 aliphatic carbocycles. The van der Waals surface area contributed by atoms with Gasteiger partial charge in [0, 0.05) is 11.1 Å². The van der Waals surface area contributed by atoms with Crippen molar-refractivity contribution in [2.75, 3.05) is 5.32 Å². The van der Waals surface area contributed by atoms with Crippen molar-refractivity contribution in [1.82, 2.24) is 9.97 Å². The molecule has 1 aromatic heterocycles. The molecule has 2 aromatic rings. The third-order valence-electron chi connectivity index (χ3n) is 2.13. The van der Waals surface area contributed by atoms with Gasteiger partial charge in [-0.3, -0.25) is 0 Å². The lowest BCUT2D eigenvalue weighted by atomic mass is 10.3. The van der Waals surface area contributed by atoms with Gasteiger partial charge in [0.05, 0.1) is 10.6 Å². The highest BCUT2D eigenvalue weighted by Gasteiger charge is 2.15. The first-order chi connectivity index (χ1) is 7.33. The van der Waals surface area contributed by atoms with Crippen molar-refractivity contribution < 1.29 is 0 Å². The molecule has 3 nitrogen and oxygen atoms in total. The van der Waals surface area contributed by atoms with E-state index in [1.165, 1.54) is 4.90 Å². The molecule has 0 radical (unpaired) electrons. The smallest absolute Gasteiger partial charge is 0.198 e. The number of rotatable bonds is 0. The molecule has 0 saturated carbocycles. The second-order valence-corrected chi connectivity index (χ2v) is 4.61. The lowest BCUT2D eigenvalue weighted by molar-refractivity contribution is 1.06. The van der Waals surface area contributed by atoms with Gasteiger partial charge in [0.15, 0.2) is 4.77 Å². The summed E-state index contributed by atoms with van der Waals surface area (Å²) in [6.45, 7) is 0. The maximum atomic E-state index is 4.98. The predicted molar refractivity (Wildman–Crippen MR) is 63.3 cm³/mol. The highest BCUT2D eigenvalue weighted by atomic mass is 32.2. The average Bonchev–Trinajstić information content (AvgIpc) is 2.26. The topological polar surface area (TPSA) is 40.7 Å². The van der Waals surface area contributed by atoms with Crippen LogP contribution in [0.25, 0.3) is 0 Å². The monoisotopic (exact) mass is 233 g/mol. The molecule has 1 aromatic carbocycles. The summed E-state index contributed by atoms with van der Waals surface area (Å²) in [7, 11) is 0. The van der Waals surface area contributed by atoms with Crippen LogP contribution in [0.1, 0.15) is 0 Å². The Labute approximate surface area is 96.0 Å². The number of nitrogens with zero attached hydrogens (tertiary/aromatic N) is 1. The molecular weight excluding hydrogens is 226 g/mol.